The van der Waals surface area contributed by atoms with Gasteiger partial charge in [-0.3, -0.25) is 14.5 Å². The normalized spacial score (nSPS) is 17.8. The van der Waals surface area contributed by atoms with E-state index in [2.05, 4.69) is 15.3 Å². The van der Waals surface area contributed by atoms with Gasteiger partial charge in [-0.2, -0.15) is 26.3 Å². The molecule has 1 amide bonds. The van der Waals surface area contributed by atoms with Crippen molar-refractivity contribution in [3.63, 3.8) is 0 Å². The van der Waals surface area contributed by atoms with E-state index in [4.69, 9.17) is 5.11 Å². The summed E-state index contributed by atoms with van der Waals surface area (Å²) in [5, 5.41) is 13.4. The summed E-state index contributed by atoms with van der Waals surface area (Å²) in [5.41, 5.74) is -2.64. The predicted octanol–water partition coefficient (Wildman–Crippen LogP) is 4.75. The van der Waals surface area contributed by atoms with Crippen molar-refractivity contribution in [2.24, 2.45) is 0 Å². The number of aliphatic hydroxyl groups is 1. The predicted molar refractivity (Wildman–Crippen MR) is 133 cm³/mol. The molecule has 0 bridgehead atoms. The summed E-state index contributed by atoms with van der Waals surface area (Å²) >= 11 is 0.430. The first-order chi connectivity index (χ1) is 17.9. The molecule has 1 saturated heterocycles. The molecule has 2 aromatic rings. The highest BCUT2D eigenvalue weighted by Gasteiger charge is 2.39. The molecule has 8 nitrogen and oxygen atoms in total. The standard InChI is InChI=1S/C24H29F6N5O3S/c1-12-6-5-7-35(12)11-15(36)18-19(39-21(33-18)20(38)32-10-16(37)24(28,29)30)13-9-31-17(34-22(2,3)4)8-14(13)23(25,26)27/h8-9,12,16,37H,5-7,10-11H2,1-4H3,(H,31,34)(H,32,38)/t12-,16-/m0/s1. The van der Waals surface area contributed by atoms with E-state index in [9.17, 15) is 35.9 Å². The summed E-state index contributed by atoms with van der Waals surface area (Å²) in [6.45, 7) is 6.33. The number of aromatic nitrogens is 2. The molecular weight excluding hydrogens is 552 g/mol. The molecule has 1 aliphatic rings. The second kappa shape index (κ2) is 11.4. The lowest BCUT2D eigenvalue weighted by molar-refractivity contribution is -0.201. The summed E-state index contributed by atoms with van der Waals surface area (Å²) in [6.07, 6.45) is -10.1. The first kappa shape index (κ1) is 30.8. The van der Waals surface area contributed by atoms with Crippen LogP contribution in [-0.2, 0) is 6.18 Å². The topological polar surface area (TPSA) is 107 Å². The molecule has 2 aromatic heterocycles. The number of carbonyl (C=O) groups is 2. The molecule has 1 fully saturated rings. The van der Waals surface area contributed by atoms with E-state index in [1.54, 1.807) is 20.8 Å². The number of thiazole rings is 1. The SMILES string of the molecule is C[C@H]1CCCN1CC(=O)c1nc(C(=O)NC[C@H](O)C(F)(F)F)sc1-c1cnc(NC(C)(C)C)cc1C(F)(F)F. The third-order valence-electron chi connectivity index (χ3n) is 5.91. The molecule has 0 saturated carbocycles. The van der Waals surface area contributed by atoms with Crippen molar-refractivity contribution < 1.29 is 41.0 Å². The van der Waals surface area contributed by atoms with Gasteiger partial charge in [0, 0.05) is 23.3 Å². The third kappa shape index (κ3) is 7.88. The molecule has 1 aliphatic heterocycles. The zero-order valence-electron chi connectivity index (χ0n) is 21.6. The maximum atomic E-state index is 14.2. The van der Waals surface area contributed by atoms with Gasteiger partial charge in [0.25, 0.3) is 5.91 Å². The van der Waals surface area contributed by atoms with Gasteiger partial charge < -0.3 is 15.7 Å². The van der Waals surface area contributed by atoms with Gasteiger partial charge in [-0.1, -0.05) is 0 Å². The van der Waals surface area contributed by atoms with Crippen molar-refractivity contribution in [3.05, 3.63) is 28.5 Å². The Hall–Kier alpha value is -2.78. The van der Waals surface area contributed by atoms with Gasteiger partial charge in [0.2, 0.25) is 0 Å². The summed E-state index contributed by atoms with van der Waals surface area (Å²) in [6, 6.07) is 0.842. The number of ketones is 1. The van der Waals surface area contributed by atoms with Crippen LogP contribution in [0.3, 0.4) is 0 Å². The summed E-state index contributed by atoms with van der Waals surface area (Å²) in [5.74, 6) is -1.89. The monoisotopic (exact) mass is 581 g/mol. The third-order valence-corrected chi connectivity index (χ3v) is 7.00. The van der Waals surface area contributed by atoms with Gasteiger partial charge >= 0.3 is 12.4 Å². The molecule has 0 aromatic carbocycles. The number of hydrogen-bond acceptors (Lipinski definition) is 8. The van der Waals surface area contributed by atoms with Crippen molar-refractivity contribution in [3.8, 4) is 10.4 Å². The Morgan fingerprint density at radius 3 is 2.41 bits per heavy atom. The van der Waals surface area contributed by atoms with Gasteiger partial charge in [0.05, 0.1) is 23.5 Å². The van der Waals surface area contributed by atoms with Crippen molar-refractivity contribution >= 4 is 28.8 Å². The summed E-state index contributed by atoms with van der Waals surface area (Å²) in [7, 11) is 0. The summed E-state index contributed by atoms with van der Waals surface area (Å²) in [4.78, 5) is 35.4. The highest BCUT2D eigenvalue weighted by Crippen LogP contribution is 2.42. The van der Waals surface area contributed by atoms with Gasteiger partial charge in [-0.05, 0) is 53.1 Å². The number of pyridine rings is 1. The maximum Gasteiger partial charge on any atom is 0.417 e. The molecule has 3 N–H and O–H groups in total. The zero-order valence-corrected chi connectivity index (χ0v) is 22.4. The lowest BCUT2D eigenvalue weighted by atomic mass is 10.0. The number of hydrogen-bond donors (Lipinski definition) is 3. The number of carbonyl (C=O) groups excluding carboxylic acids is 2. The van der Waals surface area contributed by atoms with Crippen LogP contribution in [0.1, 0.15) is 66.4 Å². The largest absolute Gasteiger partial charge is 0.417 e. The van der Waals surface area contributed by atoms with Crippen LogP contribution in [0.2, 0.25) is 0 Å². The van der Waals surface area contributed by atoms with Gasteiger partial charge in [0.1, 0.15) is 11.5 Å². The second-order valence-electron chi connectivity index (χ2n) is 10.3. The van der Waals surface area contributed by atoms with Gasteiger partial charge in [0.15, 0.2) is 16.9 Å². The van der Waals surface area contributed by atoms with Crippen molar-refractivity contribution in [1.82, 2.24) is 20.2 Å². The molecule has 0 radical (unpaired) electrons. The van der Waals surface area contributed by atoms with Crippen LogP contribution in [0.5, 0.6) is 0 Å². The van der Waals surface area contributed by atoms with Crippen LogP contribution in [0, 0.1) is 0 Å². The van der Waals surface area contributed by atoms with Crippen LogP contribution in [0.25, 0.3) is 10.4 Å². The number of nitrogens with one attached hydrogen (secondary N) is 2. The Morgan fingerprint density at radius 1 is 1.21 bits per heavy atom. The van der Waals surface area contributed by atoms with E-state index in [0.29, 0.717) is 17.9 Å². The molecule has 15 heteroatoms. The number of amides is 1. The minimum absolute atomic E-state index is 0.0535. The number of rotatable bonds is 8. The number of likely N-dealkylation sites (tertiary alicyclic amines) is 1. The Labute approximate surface area is 224 Å². The number of alkyl halides is 6. The fourth-order valence-electron chi connectivity index (χ4n) is 3.98. The molecule has 0 spiro atoms. The fraction of sp³-hybridized carbons (Fsp3) is 0.583. The molecule has 0 unspecified atom stereocenters. The smallest absolute Gasteiger partial charge is 0.382 e. The molecule has 3 heterocycles. The first-order valence-electron chi connectivity index (χ1n) is 12.0. The zero-order chi connectivity index (χ0) is 29.3. The number of halogens is 6. The fourth-order valence-corrected chi connectivity index (χ4v) is 5.00. The molecule has 0 aliphatic carbocycles. The Bertz CT molecular complexity index is 1210. The van der Waals surface area contributed by atoms with E-state index in [1.165, 1.54) is 0 Å². The Kier molecular flexibility index (Phi) is 8.97. The van der Waals surface area contributed by atoms with E-state index in [-0.39, 0.29) is 23.3 Å². The minimum Gasteiger partial charge on any atom is -0.382 e. The lowest BCUT2D eigenvalue weighted by Gasteiger charge is -2.23. The number of Topliss-reactive ketones (excluding diaryl/α,β-unsaturated/α-hetero) is 1. The van der Waals surface area contributed by atoms with Gasteiger partial charge in [-0.25, -0.2) is 9.97 Å². The minimum atomic E-state index is -5.00. The van der Waals surface area contributed by atoms with E-state index in [0.717, 1.165) is 25.1 Å². The van der Waals surface area contributed by atoms with Crippen LogP contribution in [-0.4, -0.2) is 75.2 Å². The van der Waals surface area contributed by atoms with Crippen molar-refractivity contribution in [1.29, 1.82) is 0 Å². The Morgan fingerprint density at radius 2 is 1.87 bits per heavy atom. The van der Waals surface area contributed by atoms with Gasteiger partial charge in [-0.15, -0.1) is 11.3 Å². The van der Waals surface area contributed by atoms with Crippen molar-refractivity contribution in [2.75, 3.05) is 25.0 Å². The highest BCUT2D eigenvalue weighted by molar-refractivity contribution is 7.17. The molecule has 216 valence electrons. The second-order valence-corrected chi connectivity index (χ2v) is 11.3. The molecule has 2 atom stereocenters. The molecule has 3 rings (SSSR count). The number of aliphatic hydroxyl groups excluding tert-OH is 1. The van der Waals surface area contributed by atoms with Crippen molar-refractivity contribution in [2.45, 2.75) is 70.6 Å². The summed E-state index contributed by atoms with van der Waals surface area (Å²) < 4.78 is 80.4. The lowest BCUT2D eigenvalue weighted by Crippen LogP contribution is -2.40. The molecule has 39 heavy (non-hydrogen) atoms. The quantitative estimate of drug-likeness (QED) is 0.305. The van der Waals surface area contributed by atoms with Crippen LogP contribution < -0.4 is 10.6 Å². The van der Waals surface area contributed by atoms with E-state index in [1.807, 2.05) is 17.1 Å². The highest BCUT2D eigenvalue weighted by atomic mass is 32.1. The average molecular weight is 582 g/mol. The maximum absolute atomic E-state index is 14.2. The van der Waals surface area contributed by atoms with E-state index < -0.39 is 64.1 Å². The van der Waals surface area contributed by atoms with Crippen LogP contribution >= 0.6 is 11.3 Å². The first-order valence-corrected chi connectivity index (χ1v) is 12.9. The Balaban J connectivity index is 2.06. The number of nitrogens with zero attached hydrogens (tertiary/aromatic N) is 3. The average Bonchev–Trinajstić information content (AvgIpc) is 3.41. The van der Waals surface area contributed by atoms with Crippen LogP contribution in [0.4, 0.5) is 32.2 Å². The number of anilines is 1. The van der Waals surface area contributed by atoms with Crippen LogP contribution in [0.15, 0.2) is 12.3 Å². The molecular formula is C24H29F6N5O3S. The van der Waals surface area contributed by atoms with E-state index >= 15 is 0 Å².